The van der Waals surface area contributed by atoms with Crippen LogP contribution in [-0.4, -0.2) is 39.1 Å². The van der Waals surface area contributed by atoms with Crippen LogP contribution in [-0.2, 0) is 0 Å². The zero-order valence-corrected chi connectivity index (χ0v) is 8.39. The van der Waals surface area contributed by atoms with Gasteiger partial charge in [-0.3, -0.25) is 0 Å². The van der Waals surface area contributed by atoms with Gasteiger partial charge in [0.05, 0.1) is 0 Å². The van der Waals surface area contributed by atoms with E-state index in [1.54, 1.807) is 0 Å². The molecule has 0 fully saturated rings. The Balaban J connectivity index is 0. The Labute approximate surface area is 55.1 Å². The maximum absolute atomic E-state index is 4.96. The molecule has 0 spiro atoms. The topological polar surface area (TPSA) is 0 Å². The van der Waals surface area contributed by atoms with E-state index in [0.717, 1.165) is 0 Å². The predicted molar refractivity (Wildman–Crippen MR) is 23.2 cm³/mol. The predicted octanol–water partition coefficient (Wildman–Crippen LogP) is 0.617. The second kappa shape index (κ2) is 8.90. The number of hydrogen-bond donors (Lipinski definition) is 0. The fraction of sp³-hybridized carbons (Fsp3) is 0. The molecule has 0 N–H and O–H groups in total. The molecule has 4 heteroatoms. The van der Waals surface area contributed by atoms with E-state index in [-0.39, 0.29) is 17.4 Å². The molecule has 0 aliphatic rings. The molecule has 21 valence electrons. The minimum atomic E-state index is -0.972. The van der Waals surface area contributed by atoms with E-state index in [0.29, 0.717) is 0 Å². The average Bonchev–Trinajstić information content (AvgIpc) is 0.918. The Hall–Kier alpha value is 2.03. The zero-order chi connectivity index (χ0) is 2.71. The Morgan fingerprint density at radius 3 is 1.25 bits per heavy atom. The molecule has 0 aromatic heterocycles. The molecular formula is AlCl2Pb. The van der Waals surface area contributed by atoms with Crippen molar-refractivity contribution >= 4 is 55.8 Å². The van der Waals surface area contributed by atoms with Gasteiger partial charge in [0.1, 0.15) is 0 Å². The van der Waals surface area contributed by atoms with Gasteiger partial charge in [-0.15, -0.1) is 0 Å². The number of halogens is 2. The maximum atomic E-state index is 4.96. The molecule has 0 aromatic rings. The third kappa shape index (κ3) is 8.98. The van der Waals surface area contributed by atoms with E-state index in [1.807, 2.05) is 0 Å². The molecule has 0 bridgehead atoms. The summed E-state index contributed by atoms with van der Waals surface area (Å²) < 4.78 is 0. The molecule has 0 rings (SSSR count). The van der Waals surface area contributed by atoms with Crippen LogP contribution in [0.1, 0.15) is 0 Å². The SMILES string of the molecule is [Al].[Cl][Pb][Cl]. The van der Waals surface area contributed by atoms with Gasteiger partial charge in [0.15, 0.2) is 0 Å². The van der Waals surface area contributed by atoms with E-state index in [4.69, 9.17) is 16.6 Å². The summed E-state index contributed by atoms with van der Waals surface area (Å²) in [6.45, 7) is 0. The van der Waals surface area contributed by atoms with Crippen LogP contribution < -0.4 is 0 Å². The first kappa shape index (κ1) is 9.40. The first-order valence-corrected chi connectivity index (χ1v) is 9.95. The van der Waals surface area contributed by atoms with Crippen LogP contribution in [0.4, 0.5) is 0 Å². The van der Waals surface area contributed by atoms with Crippen molar-refractivity contribution in [2.24, 2.45) is 0 Å². The molecule has 0 unspecified atom stereocenters. The molecule has 0 nitrogen and oxygen atoms in total. The Bertz CT molecular complexity index is 6.00. The van der Waals surface area contributed by atoms with E-state index < -0.39 is 21.8 Å². The average molecular weight is 305 g/mol. The van der Waals surface area contributed by atoms with Gasteiger partial charge in [-0.1, -0.05) is 0 Å². The van der Waals surface area contributed by atoms with Crippen LogP contribution in [0.2, 0.25) is 0 Å². The minimum absolute atomic E-state index is 0. The normalized spacial score (nSPS) is 4.50. The first-order chi connectivity index (χ1) is 1.41. The monoisotopic (exact) mass is 305 g/mol. The third-order valence-corrected chi connectivity index (χ3v) is 0. The van der Waals surface area contributed by atoms with Crippen LogP contribution in [0.15, 0.2) is 0 Å². The van der Waals surface area contributed by atoms with Crippen molar-refractivity contribution < 1.29 is 0 Å². The summed E-state index contributed by atoms with van der Waals surface area (Å²) in [5, 5.41) is 0. The van der Waals surface area contributed by atoms with Crippen molar-refractivity contribution in [1.82, 2.24) is 0 Å². The molecule has 5 radical (unpaired) electrons. The van der Waals surface area contributed by atoms with Crippen molar-refractivity contribution in [2.75, 3.05) is 0 Å². The summed E-state index contributed by atoms with van der Waals surface area (Å²) in [5.41, 5.74) is 0. The molecule has 0 aromatic carbocycles. The summed E-state index contributed by atoms with van der Waals surface area (Å²) in [7, 11) is 9.92. The third-order valence-electron chi connectivity index (χ3n) is 0. The van der Waals surface area contributed by atoms with Crippen LogP contribution in [0.5, 0.6) is 0 Å². The summed E-state index contributed by atoms with van der Waals surface area (Å²) in [4.78, 5) is 0. The van der Waals surface area contributed by atoms with E-state index in [9.17, 15) is 0 Å². The quantitative estimate of drug-likeness (QED) is 0.576. The molecule has 0 heterocycles. The Morgan fingerprint density at radius 1 is 1.25 bits per heavy atom. The van der Waals surface area contributed by atoms with Crippen molar-refractivity contribution in [3.63, 3.8) is 0 Å². The van der Waals surface area contributed by atoms with Crippen molar-refractivity contribution in [3.8, 4) is 0 Å². The van der Waals surface area contributed by atoms with E-state index in [1.165, 1.54) is 0 Å². The van der Waals surface area contributed by atoms with Gasteiger partial charge in [-0.05, 0) is 0 Å². The summed E-state index contributed by atoms with van der Waals surface area (Å²) >= 11 is -0.972. The second-order valence-electron chi connectivity index (χ2n) is 0.0714. The van der Waals surface area contributed by atoms with E-state index >= 15 is 0 Å². The molecular weight excluding hydrogens is 305 g/mol. The second-order valence-corrected chi connectivity index (χ2v) is 5.64. The standard InChI is InChI=1S/Al.2ClH.Pb/h;2*1H;/q;;;+2/p-2. The van der Waals surface area contributed by atoms with Crippen molar-refractivity contribution in [2.45, 2.75) is 0 Å². The van der Waals surface area contributed by atoms with Gasteiger partial charge in [0.25, 0.3) is 0 Å². The molecule has 0 saturated heterocycles. The Morgan fingerprint density at radius 2 is 1.25 bits per heavy atom. The van der Waals surface area contributed by atoms with E-state index in [2.05, 4.69) is 0 Å². The molecule has 0 amide bonds. The van der Waals surface area contributed by atoms with Crippen LogP contribution in [0, 0.1) is 0 Å². The molecule has 0 saturated carbocycles. The molecule has 4 heavy (non-hydrogen) atoms. The van der Waals surface area contributed by atoms with Gasteiger partial charge in [-0.2, -0.15) is 0 Å². The molecule has 0 aliphatic carbocycles. The summed E-state index contributed by atoms with van der Waals surface area (Å²) in [6.07, 6.45) is 0. The van der Waals surface area contributed by atoms with Crippen molar-refractivity contribution in [3.05, 3.63) is 0 Å². The summed E-state index contributed by atoms with van der Waals surface area (Å²) in [5.74, 6) is 0. The number of hydrogen-bond acceptors (Lipinski definition) is 0. The van der Waals surface area contributed by atoms with Gasteiger partial charge in [-0.25, -0.2) is 0 Å². The molecule has 0 atom stereocenters. The fourth-order valence-electron chi connectivity index (χ4n) is 0. The zero-order valence-electron chi connectivity index (χ0n) is 1.83. The fourth-order valence-corrected chi connectivity index (χ4v) is 0. The van der Waals surface area contributed by atoms with Crippen LogP contribution >= 0.6 is 16.6 Å². The van der Waals surface area contributed by atoms with Gasteiger partial charge >= 0.3 is 38.4 Å². The summed E-state index contributed by atoms with van der Waals surface area (Å²) in [6, 6.07) is 0. The Kier molecular flexibility index (Phi) is 20.9. The molecule has 0 aliphatic heterocycles. The van der Waals surface area contributed by atoms with Crippen molar-refractivity contribution in [1.29, 1.82) is 0 Å². The van der Waals surface area contributed by atoms with Gasteiger partial charge in [0.2, 0.25) is 0 Å². The van der Waals surface area contributed by atoms with Crippen LogP contribution in [0.3, 0.4) is 0 Å². The first-order valence-electron chi connectivity index (χ1n) is 0.378. The van der Waals surface area contributed by atoms with Crippen LogP contribution in [0.25, 0.3) is 0 Å². The number of rotatable bonds is 0. The van der Waals surface area contributed by atoms with Gasteiger partial charge < -0.3 is 0 Å². The van der Waals surface area contributed by atoms with Gasteiger partial charge in [0, 0.05) is 17.4 Å².